The third-order valence-electron chi connectivity index (χ3n) is 3.63. The van der Waals surface area contributed by atoms with Crippen LogP contribution in [0.3, 0.4) is 0 Å². The summed E-state index contributed by atoms with van der Waals surface area (Å²) >= 11 is 0. The number of methoxy groups -OCH3 is 1. The van der Waals surface area contributed by atoms with Crippen LogP contribution < -0.4 is 15.8 Å². The number of hydrogen-bond acceptors (Lipinski definition) is 4. The monoisotopic (exact) mass is 252 g/mol. The van der Waals surface area contributed by atoms with Gasteiger partial charge in [-0.1, -0.05) is 12.8 Å². The molecule has 2 rings (SSSR count). The van der Waals surface area contributed by atoms with Crippen molar-refractivity contribution in [2.75, 3.05) is 20.2 Å². The van der Waals surface area contributed by atoms with Gasteiger partial charge in [0.15, 0.2) is 0 Å². The van der Waals surface area contributed by atoms with E-state index in [4.69, 9.17) is 10.5 Å². The lowest BCUT2D eigenvalue weighted by Crippen LogP contribution is -2.29. The molecular formula is C13H24N4O. The highest BCUT2D eigenvalue weighted by molar-refractivity contribution is 5.34. The predicted octanol–water partition coefficient (Wildman–Crippen LogP) is 1.13. The van der Waals surface area contributed by atoms with Crippen molar-refractivity contribution < 1.29 is 4.74 Å². The molecule has 0 saturated heterocycles. The predicted molar refractivity (Wildman–Crippen MR) is 71.6 cm³/mol. The lowest BCUT2D eigenvalue weighted by molar-refractivity contribution is 0.362. The zero-order valence-electron chi connectivity index (χ0n) is 11.6. The Hall–Kier alpha value is -1.07. The summed E-state index contributed by atoms with van der Waals surface area (Å²) in [5.41, 5.74) is 7.97. The average Bonchev–Trinajstić information content (AvgIpc) is 3.11. The van der Waals surface area contributed by atoms with Crippen molar-refractivity contribution in [2.24, 2.45) is 18.7 Å². The summed E-state index contributed by atoms with van der Waals surface area (Å²) in [6.45, 7) is 3.58. The maximum absolute atomic E-state index is 5.88. The van der Waals surface area contributed by atoms with E-state index in [1.807, 2.05) is 14.0 Å². The van der Waals surface area contributed by atoms with E-state index in [0.29, 0.717) is 6.54 Å². The van der Waals surface area contributed by atoms with E-state index in [1.165, 1.54) is 19.3 Å². The van der Waals surface area contributed by atoms with Crippen LogP contribution in [0.25, 0.3) is 0 Å². The molecule has 5 heteroatoms. The molecule has 0 radical (unpaired) electrons. The Morgan fingerprint density at radius 1 is 1.56 bits per heavy atom. The first-order valence-corrected chi connectivity index (χ1v) is 6.68. The molecular weight excluding hydrogens is 228 g/mol. The van der Waals surface area contributed by atoms with Gasteiger partial charge in [-0.05, 0) is 25.8 Å². The van der Waals surface area contributed by atoms with Gasteiger partial charge in [0.25, 0.3) is 0 Å². The van der Waals surface area contributed by atoms with Crippen molar-refractivity contribution >= 4 is 0 Å². The molecule has 3 N–H and O–H groups in total. The molecule has 1 aromatic heterocycles. The third kappa shape index (κ3) is 2.84. The summed E-state index contributed by atoms with van der Waals surface area (Å²) in [5, 5.41) is 7.93. The molecule has 1 aliphatic rings. The molecule has 1 fully saturated rings. The van der Waals surface area contributed by atoms with Crippen LogP contribution in [-0.2, 0) is 7.05 Å². The van der Waals surface area contributed by atoms with Gasteiger partial charge in [0, 0.05) is 13.6 Å². The number of hydrogen-bond donors (Lipinski definition) is 2. The van der Waals surface area contributed by atoms with Crippen LogP contribution in [0.1, 0.15) is 36.6 Å². The second-order valence-corrected chi connectivity index (χ2v) is 5.11. The molecule has 1 aliphatic carbocycles. The van der Waals surface area contributed by atoms with Crippen molar-refractivity contribution in [3.8, 4) is 5.88 Å². The fourth-order valence-corrected chi connectivity index (χ4v) is 2.47. The summed E-state index contributed by atoms with van der Waals surface area (Å²) in [7, 11) is 3.57. The minimum Gasteiger partial charge on any atom is -0.481 e. The lowest BCUT2D eigenvalue weighted by Gasteiger charge is -2.18. The normalized spacial score (nSPS) is 16.9. The van der Waals surface area contributed by atoms with Crippen molar-refractivity contribution in [1.82, 2.24) is 15.1 Å². The van der Waals surface area contributed by atoms with Crippen molar-refractivity contribution in [3.05, 3.63) is 11.3 Å². The first kappa shape index (κ1) is 13.4. The van der Waals surface area contributed by atoms with Crippen molar-refractivity contribution in [1.29, 1.82) is 0 Å². The number of nitrogens with two attached hydrogens (primary N) is 1. The van der Waals surface area contributed by atoms with E-state index in [9.17, 15) is 0 Å². The van der Waals surface area contributed by atoms with Gasteiger partial charge in [0.1, 0.15) is 0 Å². The highest BCUT2D eigenvalue weighted by Gasteiger charge is 2.24. The summed E-state index contributed by atoms with van der Waals surface area (Å²) in [5.74, 6) is 1.75. The Balaban J connectivity index is 2.04. The van der Waals surface area contributed by atoms with Gasteiger partial charge >= 0.3 is 0 Å². The molecule has 18 heavy (non-hydrogen) atoms. The molecule has 0 aliphatic heterocycles. The Bertz CT molecular complexity index is 398. The molecule has 0 amide bonds. The number of rotatable bonds is 7. The summed E-state index contributed by atoms with van der Waals surface area (Å²) < 4.78 is 7.20. The zero-order valence-corrected chi connectivity index (χ0v) is 11.6. The molecule has 1 aromatic rings. The minimum atomic E-state index is 0.132. The van der Waals surface area contributed by atoms with Crippen molar-refractivity contribution in [2.45, 2.75) is 32.2 Å². The molecule has 5 nitrogen and oxygen atoms in total. The minimum absolute atomic E-state index is 0.132. The summed E-state index contributed by atoms with van der Waals surface area (Å²) in [4.78, 5) is 0. The highest BCUT2D eigenvalue weighted by atomic mass is 16.5. The van der Waals surface area contributed by atoms with Gasteiger partial charge in [-0.15, -0.1) is 0 Å². The van der Waals surface area contributed by atoms with E-state index in [0.717, 1.165) is 29.6 Å². The van der Waals surface area contributed by atoms with Crippen LogP contribution in [0.2, 0.25) is 0 Å². The fraction of sp³-hybridized carbons (Fsp3) is 0.769. The largest absolute Gasteiger partial charge is 0.481 e. The van der Waals surface area contributed by atoms with Crippen LogP contribution in [0.5, 0.6) is 5.88 Å². The summed E-state index contributed by atoms with van der Waals surface area (Å²) in [6.07, 6.45) is 4.03. The van der Waals surface area contributed by atoms with E-state index in [2.05, 4.69) is 10.4 Å². The van der Waals surface area contributed by atoms with Crippen LogP contribution in [-0.4, -0.2) is 30.0 Å². The van der Waals surface area contributed by atoms with Gasteiger partial charge in [-0.2, -0.15) is 5.10 Å². The van der Waals surface area contributed by atoms with Gasteiger partial charge in [-0.25, -0.2) is 4.68 Å². The molecule has 1 atom stereocenters. The zero-order chi connectivity index (χ0) is 13.1. The Labute approximate surface area is 109 Å². The van der Waals surface area contributed by atoms with Gasteiger partial charge in [0.05, 0.1) is 24.4 Å². The average molecular weight is 252 g/mol. The van der Waals surface area contributed by atoms with Crippen LogP contribution in [0.4, 0.5) is 0 Å². The Morgan fingerprint density at radius 2 is 2.28 bits per heavy atom. The third-order valence-corrected chi connectivity index (χ3v) is 3.63. The lowest BCUT2D eigenvalue weighted by atomic mass is 10.1. The van der Waals surface area contributed by atoms with E-state index >= 15 is 0 Å². The number of nitrogens with zero attached hydrogens (tertiary/aromatic N) is 2. The van der Waals surface area contributed by atoms with Crippen LogP contribution in [0.15, 0.2) is 0 Å². The number of nitrogens with one attached hydrogen (secondary N) is 1. The first-order valence-electron chi connectivity index (χ1n) is 6.68. The van der Waals surface area contributed by atoms with E-state index in [1.54, 1.807) is 11.8 Å². The van der Waals surface area contributed by atoms with E-state index < -0.39 is 0 Å². The van der Waals surface area contributed by atoms with Gasteiger partial charge < -0.3 is 15.8 Å². The van der Waals surface area contributed by atoms with Crippen LogP contribution in [0, 0.1) is 12.8 Å². The highest BCUT2D eigenvalue weighted by Crippen LogP contribution is 2.32. The molecule has 0 spiro atoms. The Kier molecular flexibility index (Phi) is 4.24. The second kappa shape index (κ2) is 5.71. The molecule has 0 aromatic carbocycles. The molecule has 0 bridgehead atoms. The topological polar surface area (TPSA) is 65.1 Å². The fourth-order valence-electron chi connectivity index (χ4n) is 2.47. The maximum atomic E-state index is 5.88. The number of aryl methyl sites for hydroxylation is 2. The SMILES string of the molecule is COc1c(C(CN)NCCC2CC2)c(C)nn1C. The standard InChI is InChI=1S/C13H24N4O/c1-9-12(13(18-3)17(2)16-9)11(8-14)15-7-6-10-4-5-10/h10-11,15H,4-8,14H2,1-3H3. The molecule has 1 heterocycles. The van der Waals surface area contributed by atoms with Crippen LogP contribution >= 0.6 is 0 Å². The Morgan fingerprint density at radius 3 is 2.83 bits per heavy atom. The smallest absolute Gasteiger partial charge is 0.216 e. The maximum Gasteiger partial charge on any atom is 0.216 e. The number of aromatic nitrogens is 2. The molecule has 102 valence electrons. The second-order valence-electron chi connectivity index (χ2n) is 5.11. The number of ether oxygens (including phenoxy) is 1. The molecule has 1 unspecified atom stereocenters. The van der Waals surface area contributed by atoms with E-state index in [-0.39, 0.29) is 6.04 Å². The quantitative estimate of drug-likeness (QED) is 0.763. The summed E-state index contributed by atoms with van der Waals surface area (Å²) in [6, 6.07) is 0.132. The molecule has 1 saturated carbocycles. The van der Waals surface area contributed by atoms with Gasteiger partial charge in [-0.3, -0.25) is 0 Å². The first-order chi connectivity index (χ1) is 8.67. The van der Waals surface area contributed by atoms with Crippen molar-refractivity contribution in [3.63, 3.8) is 0 Å². The van der Waals surface area contributed by atoms with Gasteiger partial charge in [0.2, 0.25) is 5.88 Å².